The van der Waals surface area contributed by atoms with E-state index in [0.29, 0.717) is 24.8 Å². The summed E-state index contributed by atoms with van der Waals surface area (Å²) in [5, 5.41) is 0. The van der Waals surface area contributed by atoms with E-state index >= 15 is 0 Å². The van der Waals surface area contributed by atoms with Gasteiger partial charge in [0.05, 0.1) is 45.0 Å². The number of fused-ring (bicyclic) bond motifs is 1. The molecule has 8 heteroatoms. The van der Waals surface area contributed by atoms with Crippen molar-refractivity contribution in [3.05, 3.63) is 58.3 Å². The van der Waals surface area contributed by atoms with Gasteiger partial charge >= 0.3 is 0 Å². The van der Waals surface area contributed by atoms with Crippen molar-refractivity contribution in [2.45, 2.75) is 6.54 Å². The largest absolute Gasteiger partial charge is 0.497 e. The van der Waals surface area contributed by atoms with Crippen molar-refractivity contribution < 1.29 is 14.2 Å². The lowest BCUT2D eigenvalue weighted by Crippen LogP contribution is -2.27. The first-order chi connectivity index (χ1) is 14.6. The SMILES string of the molecule is COc1ccc(CN2CN=Cc3nc(-c4cc(Br)ccc4OC)ncc32)c(OC)c1. The minimum absolute atomic E-state index is 0.519. The number of aromatic nitrogens is 2. The molecule has 0 unspecified atom stereocenters. The van der Waals surface area contributed by atoms with E-state index < -0.39 is 0 Å². The standard InChI is InChI=1S/C22H21BrN4O3/c1-28-16-6-4-14(21(9-16)30-3)12-27-13-24-10-18-19(27)11-25-22(26-18)17-8-15(23)5-7-20(17)29-2/h4-11H,12-13H2,1-3H3. The van der Waals surface area contributed by atoms with Crippen LogP contribution in [0.4, 0.5) is 5.69 Å². The third kappa shape index (κ3) is 3.95. The average Bonchev–Trinajstić information content (AvgIpc) is 2.79. The van der Waals surface area contributed by atoms with E-state index in [1.165, 1.54) is 0 Å². The van der Waals surface area contributed by atoms with Gasteiger partial charge in [0.25, 0.3) is 0 Å². The van der Waals surface area contributed by atoms with Gasteiger partial charge in [0.15, 0.2) is 5.82 Å². The van der Waals surface area contributed by atoms with Crippen molar-refractivity contribution >= 4 is 27.8 Å². The molecule has 0 spiro atoms. The minimum atomic E-state index is 0.519. The highest BCUT2D eigenvalue weighted by atomic mass is 79.9. The van der Waals surface area contributed by atoms with E-state index in [2.05, 4.69) is 30.8 Å². The molecule has 2 heterocycles. The van der Waals surface area contributed by atoms with Gasteiger partial charge in [0.2, 0.25) is 0 Å². The molecular formula is C22H21BrN4O3. The van der Waals surface area contributed by atoms with E-state index in [4.69, 9.17) is 19.2 Å². The molecule has 0 radical (unpaired) electrons. The zero-order valence-corrected chi connectivity index (χ0v) is 18.5. The van der Waals surface area contributed by atoms with Crippen molar-refractivity contribution in [3.8, 4) is 28.6 Å². The molecule has 1 aliphatic rings. The molecule has 0 bridgehead atoms. The van der Waals surface area contributed by atoms with Crippen molar-refractivity contribution in [2.24, 2.45) is 4.99 Å². The molecule has 3 aromatic rings. The van der Waals surface area contributed by atoms with Crippen LogP contribution in [0.3, 0.4) is 0 Å². The van der Waals surface area contributed by atoms with Crippen LogP contribution in [0.5, 0.6) is 17.2 Å². The average molecular weight is 469 g/mol. The van der Waals surface area contributed by atoms with Crippen LogP contribution < -0.4 is 19.1 Å². The Hall–Kier alpha value is -3.13. The fraction of sp³-hybridized carbons (Fsp3) is 0.227. The highest BCUT2D eigenvalue weighted by molar-refractivity contribution is 9.10. The Kier molecular flexibility index (Phi) is 5.85. The Morgan fingerprint density at radius 1 is 1.00 bits per heavy atom. The van der Waals surface area contributed by atoms with E-state index in [9.17, 15) is 0 Å². The number of halogens is 1. The smallest absolute Gasteiger partial charge is 0.163 e. The van der Waals surface area contributed by atoms with Crippen LogP contribution in [0.1, 0.15) is 11.3 Å². The summed E-state index contributed by atoms with van der Waals surface area (Å²) in [7, 11) is 4.93. The summed E-state index contributed by atoms with van der Waals surface area (Å²) in [5.41, 5.74) is 3.53. The predicted molar refractivity (Wildman–Crippen MR) is 120 cm³/mol. The van der Waals surface area contributed by atoms with Crippen molar-refractivity contribution in [3.63, 3.8) is 0 Å². The van der Waals surface area contributed by atoms with E-state index in [-0.39, 0.29) is 0 Å². The Bertz CT molecular complexity index is 1100. The Labute approximate surface area is 183 Å². The normalized spacial score (nSPS) is 12.5. The molecule has 4 rings (SSSR count). The highest BCUT2D eigenvalue weighted by Crippen LogP contribution is 2.33. The molecule has 30 heavy (non-hydrogen) atoms. The number of benzene rings is 2. The van der Waals surface area contributed by atoms with Crippen LogP contribution in [-0.4, -0.2) is 44.2 Å². The Morgan fingerprint density at radius 2 is 1.83 bits per heavy atom. The van der Waals surface area contributed by atoms with Crippen LogP contribution in [0, 0.1) is 0 Å². The second kappa shape index (κ2) is 8.71. The number of hydrogen-bond donors (Lipinski definition) is 0. The number of nitrogens with zero attached hydrogens (tertiary/aromatic N) is 4. The summed E-state index contributed by atoms with van der Waals surface area (Å²) in [6.45, 7) is 1.13. The monoisotopic (exact) mass is 468 g/mol. The van der Waals surface area contributed by atoms with Crippen LogP contribution in [0.2, 0.25) is 0 Å². The first-order valence-corrected chi connectivity index (χ1v) is 10.1. The van der Waals surface area contributed by atoms with Gasteiger partial charge in [-0.25, -0.2) is 9.97 Å². The van der Waals surface area contributed by atoms with Crippen LogP contribution in [0.15, 0.2) is 52.1 Å². The topological polar surface area (TPSA) is 69.1 Å². The summed E-state index contributed by atoms with van der Waals surface area (Å²) >= 11 is 3.50. The summed E-state index contributed by atoms with van der Waals surface area (Å²) < 4.78 is 17.2. The molecule has 0 amide bonds. The molecule has 0 fully saturated rings. The maximum absolute atomic E-state index is 5.54. The summed E-state index contributed by atoms with van der Waals surface area (Å²) in [5.74, 6) is 2.82. The maximum Gasteiger partial charge on any atom is 0.163 e. The number of rotatable bonds is 6. The molecular weight excluding hydrogens is 448 g/mol. The van der Waals surface area contributed by atoms with Gasteiger partial charge in [0.1, 0.15) is 29.6 Å². The molecule has 0 saturated carbocycles. The minimum Gasteiger partial charge on any atom is -0.497 e. The Balaban J connectivity index is 1.67. The first-order valence-electron chi connectivity index (χ1n) is 9.29. The third-order valence-electron chi connectivity index (χ3n) is 4.86. The molecule has 0 saturated heterocycles. The zero-order valence-electron chi connectivity index (χ0n) is 16.9. The summed E-state index contributed by atoms with van der Waals surface area (Å²) in [6.07, 6.45) is 3.62. The lowest BCUT2D eigenvalue weighted by atomic mass is 10.1. The number of anilines is 1. The molecule has 0 N–H and O–H groups in total. The van der Waals surface area contributed by atoms with Crippen molar-refractivity contribution in [1.29, 1.82) is 0 Å². The first kappa shape index (κ1) is 20.2. The predicted octanol–water partition coefficient (Wildman–Crippen LogP) is 4.33. The molecule has 0 aliphatic carbocycles. The molecule has 1 aliphatic heterocycles. The molecule has 1 aromatic heterocycles. The zero-order chi connectivity index (χ0) is 21.1. The van der Waals surface area contributed by atoms with Gasteiger partial charge < -0.3 is 19.1 Å². The van der Waals surface area contributed by atoms with Gasteiger partial charge in [-0.15, -0.1) is 0 Å². The lowest BCUT2D eigenvalue weighted by molar-refractivity contribution is 0.390. The van der Waals surface area contributed by atoms with Crippen LogP contribution in [0.25, 0.3) is 11.4 Å². The van der Waals surface area contributed by atoms with Gasteiger partial charge in [0, 0.05) is 22.6 Å². The van der Waals surface area contributed by atoms with Gasteiger partial charge in [-0.05, 0) is 30.3 Å². The van der Waals surface area contributed by atoms with E-state index in [0.717, 1.165) is 38.5 Å². The Morgan fingerprint density at radius 3 is 2.60 bits per heavy atom. The second-order valence-corrected chi connectivity index (χ2v) is 7.55. The molecule has 0 atom stereocenters. The molecule has 154 valence electrons. The number of hydrogen-bond acceptors (Lipinski definition) is 7. The fourth-order valence-corrected chi connectivity index (χ4v) is 3.70. The van der Waals surface area contributed by atoms with Crippen LogP contribution in [-0.2, 0) is 6.54 Å². The van der Waals surface area contributed by atoms with Gasteiger partial charge in [-0.1, -0.05) is 15.9 Å². The van der Waals surface area contributed by atoms with E-state index in [1.807, 2.05) is 42.6 Å². The summed E-state index contributed by atoms with van der Waals surface area (Å²) in [6, 6.07) is 11.6. The molecule has 2 aromatic carbocycles. The fourth-order valence-electron chi connectivity index (χ4n) is 3.34. The van der Waals surface area contributed by atoms with Crippen LogP contribution >= 0.6 is 15.9 Å². The van der Waals surface area contributed by atoms with Gasteiger partial charge in [-0.2, -0.15) is 0 Å². The quantitative estimate of drug-likeness (QED) is 0.536. The van der Waals surface area contributed by atoms with E-state index in [1.54, 1.807) is 27.5 Å². The highest BCUT2D eigenvalue weighted by Gasteiger charge is 2.20. The number of aliphatic imine (C=N–C) groups is 1. The summed E-state index contributed by atoms with van der Waals surface area (Å²) in [4.78, 5) is 15.9. The lowest BCUT2D eigenvalue weighted by Gasteiger charge is -2.27. The second-order valence-electron chi connectivity index (χ2n) is 6.64. The van der Waals surface area contributed by atoms with Crippen molar-refractivity contribution in [1.82, 2.24) is 9.97 Å². The van der Waals surface area contributed by atoms with Crippen molar-refractivity contribution in [2.75, 3.05) is 32.9 Å². The third-order valence-corrected chi connectivity index (χ3v) is 5.36. The molecule has 7 nitrogen and oxygen atoms in total. The number of methoxy groups -OCH3 is 3. The number of ether oxygens (including phenoxy) is 3. The maximum atomic E-state index is 5.54. The van der Waals surface area contributed by atoms with Gasteiger partial charge in [-0.3, -0.25) is 4.99 Å².